The Morgan fingerprint density at radius 3 is 2.70 bits per heavy atom. The summed E-state index contributed by atoms with van der Waals surface area (Å²) in [5, 5.41) is 5.11. The largest absolute Gasteiger partial charge is 0.489 e. The number of thiophene rings is 1. The summed E-state index contributed by atoms with van der Waals surface area (Å²) < 4.78 is 7.15. The number of hydrogen-bond acceptors (Lipinski definition) is 5. The normalized spacial score (nSPS) is 13.6. The highest BCUT2D eigenvalue weighted by molar-refractivity contribution is 7.18. The highest BCUT2D eigenvalue weighted by atomic mass is 32.1. The first-order chi connectivity index (χ1) is 14.8. The maximum atomic E-state index is 13.0. The van der Waals surface area contributed by atoms with Gasteiger partial charge in [-0.05, 0) is 66.6 Å². The van der Waals surface area contributed by atoms with Crippen LogP contribution in [0.2, 0.25) is 0 Å². The average Bonchev–Trinajstić information content (AvgIpc) is 3.18. The molecule has 150 valence electrons. The molecule has 6 heteroatoms. The van der Waals surface area contributed by atoms with Gasteiger partial charge in [-0.2, -0.15) is 9.78 Å². The number of rotatable bonds is 5. The highest BCUT2D eigenvalue weighted by Crippen LogP contribution is 2.33. The van der Waals surface area contributed by atoms with Crippen LogP contribution in [0.25, 0.3) is 10.2 Å². The molecule has 0 aliphatic heterocycles. The molecule has 30 heavy (non-hydrogen) atoms. The van der Waals surface area contributed by atoms with Crippen LogP contribution in [0.5, 0.6) is 5.75 Å². The molecule has 2 heterocycles. The lowest BCUT2D eigenvalue weighted by Crippen LogP contribution is -2.18. The van der Waals surface area contributed by atoms with E-state index in [-0.39, 0.29) is 5.56 Å². The van der Waals surface area contributed by atoms with Gasteiger partial charge < -0.3 is 4.74 Å². The number of aromatic nitrogens is 2. The molecule has 5 rings (SSSR count). The van der Waals surface area contributed by atoms with Crippen LogP contribution in [-0.2, 0) is 19.4 Å². The van der Waals surface area contributed by atoms with Crippen molar-refractivity contribution in [2.24, 2.45) is 5.10 Å². The molecule has 1 aliphatic carbocycles. The molecule has 5 nitrogen and oxygen atoms in total. The van der Waals surface area contributed by atoms with Gasteiger partial charge in [-0.15, -0.1) is 11.3 Å². The molecule has 0 saturated carbocycles. The van der Waals surface area contributed by atoms with E-state index in [1.165, 1.54) is 27.9 Å². The highest BCUT2D eigenvalue weighted by Gasteiger charge is 2.19. The number of ether oxygens (including phenoxy) is 1. The second kappa shape index (κ2) is 8.24. The fraction of sp³-hybridized carbons (Fsp3) is 0.208. The number of hydrogen-bond donors (Lipinski definition) is 0. The third kappa shape index (κ3) is 3.78. The summed E-state index contributed by atoms with van der Waals surface area (Å²) in [7, 11) is 0. The van der Waals surface area contributed by atoms with Gasteiger partial charge in [0.05, 0.1) is 11.6 Å². The van der Waals surface area contributed by atoms with Gasteiger partial charge in [-0.25, -0.2) is 4.98 Å². The Morgan fingerprint density at radius 2 is 1.87 bits per heavy atom. The molecule has 0 N–H and O–H groups in total. The van der Waals surface area contributed by atoms with E-state index in [2.05, 4.69) is 10.1 Å². The van der Waals surface area contributed by atoms with E-state index in [1.54, 1.807) is 17.6 Å². The predicted octanol–water partition coefficient (Wildman–Crippen LogP) is 4.80. The Morgan fingerprint density at radius 1 is 1.07 bits per heavy atom. The number of fused-ring (bicyclic) bond motifs is 3. The van der Waals surface area contributed by atoms with Crippen molar-refractivity contribution in [1.82, 2.24) is 9.66 Å². The SMILES string of the molecule is O=c1c2c3c(sc2ncn1/N=C\c1ccc(OCc2ccccc2)cc1)CCCC3. The number of aryl methyl sites for hydroxylation is 2. The smallest absolute Gasteiger partial charge is 0.282 e. The van der Waals surface area contributed by atoms with Crippen molar-refractivity contribution in [3.05, 3.63) is 92.8 Å². The lowest BCUT2D eigenvalue weighted by Gasteiger charge is -2.09. The zero-order valence-corrected chi connectivity index (χ0v) is 17.3. The fourth-order valence-corrected chi connectivity index (χ4v) is 4.96. The van der Waals surface area contributed by atoms with E-state index >= 15 is 0 Å². The Bertz CT molecular complexity index is 1260. The molecule has 2 aromatic heterocycles. The summed E-state index contributed by atoms with van der Waals surface area (Å²) in [6, 6.07) is 17.7. The summed E-state index contributed by atoms with van der Waals surface area (Å²) >= 11 is 1.65. The molecular weight excluding hydrogens is 394 g/mol. The molecular formula is C24H21N3O2S. The van der Waals surface area contributed by atoms with E-state index in [1.807, 2.05) is 54.6 Å². The third-order valence-electron chi connectivity index (χ3n) is 5.32. The predicted molar refractivity (Wildman–Crippen MR) is 121 cm³/mol. The molecule has 1 aliphatic rings. The molecule has 4 aromatic rings. The van der Waals surface area contributed by atoms with Gasteiger partial charge in [0.2, 0.25) is 0 Å². The van der Waals surface area contributed by atoms with Gasteiger partial charge in [0.25, 0.3) is 5.56 Å². The van der Waals surface area contributed by atoms with Crippen LogP contribution in [0, 0.1) is 0 Å². The van der Waals surface area contributed by atoms with E-state index in [0.29, 0.717) is 6.61 Å². The molecule has 0 radical (unpaired) electrons. The van der Waals surface area contributed by atoms with Crippen LogP contribution < -0.4 is 10.3 Å². The standard InChI is InChI=1S/C24H21N3O2S/c28-24-22-20-8-4-5-9-21(20)30-23(22)25-16-27(24)26-14-17-10-12-19(13-11-17)29-15-18-6-2-1-3-7-18/h1-3,6-7,10-14,16H,4-5,8-9,15H2/b26-14-. The summed E-state index contributed by atoms with van der Waals surface area (Å²) in [6.45, 7) is 0.528. The van der Waals surface area contributed by atoms with Gasteiger partial charge in [-0.3, -0.25) is 4.79 Å². The number of nitrogens with zero attached hydrogens (tertiary/aromatic N) is 3. The van der Waals surface area contributed by atoms with E-state index in [9.17, 15) is 4.79 Å². The van der Waals surface area contributed by atoms with Gasteiger partial charge in [-0.1, -0.05) is 30.3 Å². The minimum absolute atomic E-state index is 0.0848. The maximum absolute atomic E-state index is 13.0. The number of benzene rings is 2. The lowest BCUT2D eigenvalue weighted by molar-refractivity contribution is 0.306. The van der Waals surface area contributed by atoms with Crippen LogP contribution in [0.1, 0.15) is 34.4 Å². The van der Waals surface area contributed by atoms with Gasteiger partial charge in [0.15, 0.2) is 0 Å². The third-order valence-corrected chi connectivity index (χ3v) is 6.52. The molecule has 2 aromatic carbocycles. The monoisotopic (exact) mass is 415 g/mol. The molecule has 0 atom stereocenters. The van der Waals surface area contributed by atoms with Crippen LogP contribution in [0.4, 0.5) is 0 Å². The summed E-state index contributed by atoms with van der Waals surface area (Å²) in [5.41, 5.74) is 3.11. The van der Waals surface area contributed by atoms with Crippen molar-refractivity contribution in [3.63, 3.8) is 0 Å². The first-order valence-corrected chi connectivity index (χ1v) is 10.9. The second-order valence-electron chi connectivity index (χ2n) is 7.37. The zero-order valence-electron chi connectivity index (χ0n) is 16.5. The average molecular weight is 416 g/mol. The molecule has 0 amide bonds. The first kappa shape index (κ1) is 18.8. The summed E-state index contributed by atoms with van der Waals surface area (Å²) in [5.74, 6) is 0.793. The molecule has 0 saturated heterocycles. The summed E-state index contributed by atoms with van der Waals surface area (Å²) in [6.07, 6.45) is 7.53. The van der Waals surface area contributed by atoms with Crippen molar-refractivity contribution < 1.29 is 4.74 Å². The minimum Gasteiger partial charge on any atom is -0.489 e. The minimum atomic E-state index is -0.0848. The van der Waals surface area contributed by atoms with Gasteiger partial charge in [0.1, 0.15) is 23.5 Å². The van der Waals surface area contributed by atoms with Crippen LogP contribution >= 0.6 is 11.3 Å². The Hall–Kier alpha value is -3.25. The van der Waals surface area contributed by atoms with Gasteiger partial charge >= 0.3 is 0 Å². The van der Waals surface area contributed by atoms with Crippen molar-refractivity contribution in [2.75, 3.05) is 0 Å². The van der Waals surface area contributed by atoms with E-state index in [0.717, 1.165) is 46.4 Å². The fourth-order valence-electron chi connectivity index (χ4n) is 3.74. The lowest BCUT2D eigenvalue weighted by atomic mass is 9.97. The molecule has 0 spiro atoms. The topological polar surface area (TPSA) is 56.5 Å². The Kier molecular flexibility index (Phi) is 5.15. The maximum Gasteiger partial charge on any atom is 0.282 e. The van der Waals surface area contributed by atoms with Gasteiger partial charge in [0, 0.05) is 4.88 Å². The first-order valence-electron chi connectivity index (χ1n) is 10.1. The van der Waals surface area contributed by atoms with Crippen molar-refractivity contribution in [1.29, 1.82) is 0 Å². The molecule has 0 unspecified atom stereocenters. The van der Waals surface area contributed by atoms with Crippen molar-refractivity contribution in [3.8, 4) is 5.75 Å². The summed E-state index contributed by atoms with van der Waals surface area (Å²) in [4.78, 5) is 19.6. The van der Waals surface area contributed by atoms with Crippen LogP contribution in [-0.4, -0.2) is 15.9 Å². The zero-order chi connectivity index (χ0) is 20.3. The van der Waals surface area contributed by atoms with E-state index in [4.69, 9.17) is 4.74 Å². The van der Waals surface area contributed by atoms with Crippen LogP contribution in [0.3, 0.4) is 0 Å². The van der Waals surface area contributed by atoms with Crippen molar-refractivity contribution in [2.45, 2.75) is 32.3 Å². The Labute approximate surface area is 178 Å². The second-order valence-corrected chi connectivity index (χ2v) is 8.46. The van der Waals surface area contributed by atoms with Crippen molar-refractivity contribution >= 4 is 27.8 Å². The molecule has 0 bridgehead atoms. The van der Waals surface area contributed by atoms with E-state index < -0.39 is 0 Å². The Balaban J connectivity index is 1.33. The quantitative estimate of drug-likeness (QED) is 0.440. The molecule has 0 fully saturated rings. The van der Waals surface area contributed by atoms with Crippen LogP contribution in [0.15, 0.2) is 70.8 Å².